The fourth-order valence-electron chi connectivity index (χ4n) is 3.82. The highest BCUT2D eigenvalue weighted by Crippen LogP contribution is 2.43. The lowest BCUT2D eigenvalue weighted by Crippen LogP contribution is -2.42. The predicted molar refractivity (Wildman–Crippen MR) is 99.0 cm³/mol. The van der Waals surface area contributed by atoms with Crippen molar-refractivity contribution in [2.24, 2.45) is 11.3 Å². The van der Waals surface area contributed by atoms with Gasteiger partial charge in [-0.05, 0) is 30.1 Å². The summed E-state index contributed by atoms with van der Waals surface area (Å²) in [4.78, 5) is 0. The molecule has 3 heteroatoms. The van der Waals surface area contributed by atoms with E-state index in [1.807, 2.05) is 48.6 Å². The van der Waals surface area contributed by atoms with Crippen molar-refractivity contribution >= 4 is 6.08 Å². The van der Waals surface area contributed by atoms with Gasteiger partial charge in [-0.25, -0.2) is 0 Å². The Morgan fingerprint density at radius 2 is 1.96 bits per heavy atom. The van der Waals surface area contributed by atoms with E-state index in [0.29, 0.717) is 6.42 Å². The number of nitrogens with zero attached hydrogens (tertiary/aromatic N) is 2. The number of nitrogens with one attached hydrogen (secondary N) is 1. The minimum Gasteiger partial charge on any atom is -0.307 e. The topological polar surface area (TPSA) is 59.6 Å². The van der Waals surface area contributed by atoms with Gasteiger partial charge >= 0.3 is 0 Å². The Bertz CT molecular complexity index is 799. The van der Waals surface area contributed by atoms with Gasteiger partial charge in [0.2, 0.25) is 0 Å². The van der Waals surface area contributed by atoms with E-state index in [2.05, 4.69) is 35.8 Å². The highest BCUT2D eigenvalue weighted by molar-refractivity contribution is 5.50. The monoisotopic (exact) mass is 327 g/mol. The third kappa shape index (κ3) is 3.35. The van der Waals surface area contributed by atoms with E-state index < -0.39 is 5.41 Å². The van der Waals surface area contributed by atoms with Crippen molar-refractivity contribution in [1.82, 2.24) is 5.32 Å². The molecule has 1 aromatic carbocycles. The Balaban J connectivity index is 1.91. The first kappa shape index (κ1) is 17.0. The molecule has 2 aliphatic heterocycles. The normalized spacial score (nSPS) is 24.9. The minimum atomic E-state index is -1.15. The van der Waals surface area contributed by atoms with E-state index in [0.717, 1.165) is 24.0 Å². The maximum absolute atomic E-state index is 9.89. The van der Waals surface area contributed by atoms with E-state index in [1.165, 1.54) is 0 Å². The molecule has 0 aliphatic carbocycles. The lowest BCUT2D eigenvalue weighted by Gasteiger charge is -2.34. The molecule has 3 nitrogen and oxygen atoms in total. The number of hydrogen-bond donors (Lipinski definition) is 1. The lowest BCUT2D eigenvalue weighted by molar-refractivity contribution is 0.419. The van der Waals surface area contributed by atoms with Crippen LogP contribution in [0.5, 0.6) is 0 Å². The zero-order valence-electron chi connectivity index (χ0n) is 14.2. The summed E-state index contributed by atoms with van der Waals surface area (Å²) >= 11 is 0. The maximum Gasteiger partial charge on any atom is 0.168 e. The molecule has 1 unspecified atom stereocenters. The zero-order valence-corrected chi connectivity index (χ0v) is 14.2. The van der Waals surface area contributed by atoms with E-state index in [-0.39, 0.29) is 18.0 Å². The minimum absolute atomic E-state index is 0.000625. The first-order chi connectivity index (χ1) is 12.2. The number of benzene rings is 1. The van der Waals surface area contributed by atoms with Crippen molar-refractivity contribution in [1.29, 1.82) is 10.5 Å². The number of hydrogen-bond acceptors (Lipinski definition) is 3. The van der Waals surface area contributed by atoms with Crippen LogP contribution in [0.25, 0.3) is 6.08 Å². The van der Waals surface area contributed by atoms with Crippen LogP contribution in [0.2, 0.25) is 0 Å². The molecular weight excluding hydrogens is 306 g/mol. The van der Waals surface area contributed by atoms with Gasteiger partial charge in [-0.15, -0.1) is 5.73 Å². The summed E-state index contributed by atoms with van der Waals surface area (Å²) in [5.41, 5.74) is 3.68. The molecule has 25 heavy (non-hydrogen) atoms. The molecule has 3 rings (SSSR count). The van der Waals surface area contributed by atoms with Crippen molar-refractivity contribution in [2.45, 2.75) is 31.3 Å². The second-order valence-corrected chi connectivity index (χ2v) is 6.62. The van der Waals surface area contributed by atoms with Crippen LogP contribution in [0.3, 0.4) is 0 Å². The van der Waals surface area contributed by atoms with Gasteiger partial charge in [-0.3, -0.25) is 0 Å². The second-order valence-electron chi connectivity index (χ2n) is 6.62. The lowest BCUT2D eigenvalue weighted by atomic mass is 9.70. The summed E-state index contributed by atoms with van der Waals surface area (Å²) in [7, 11) is 0. The third-order valence-electron chi connectivity index (χ3n) is 5.10. The van der Waals surface area contributed by atoms with E-state index in [4.69, 9.17) is 0 Å². The maximum atomic E-state index is 9.89. The predicted octanol–water partition coefficient (Wildman–Crippen LogP) is 4.14. The quantitative estimate of drug-likeness (QED) is 0.653. The van der Waals surface area contributed by atoms with Crippen molar-refractivity contribution < 1.29 is 0 Å². The van der Waals surface area contributed by atoms with Crippen LogP contribution in [0.4, 0.5) is 0 Å². The largest absolute Gasteiger partial charge is 0.307 e. The third-order valence-corrected chi connectivity index (χ3v) is 5.10. The standard InChI is InChI=1S/C22H21N3/c1-2-7-19-20(14-18-11-12-21(19)25-18)22(15-23,16-24)13-6-10-17-8-4-3-5-9-17/h3-10,14,18-19,21,25H,1,11-13H2/b10-6+/t18-,19-,21?/m1/s1. The van der Waals surface area contributed by atoms with Crippen LogP contribution in [-0.4, -0.2) is 12.1 Å². The van der Waals surface area contributed by atoms with Crippen LogP contribution >= 0.6 is 0 Å². The van der Waals surface area contributed by atoms with Gasteiger partial charge < -0.3 is 5.32 Å². The van der Waals surface area contributed by atoms with Crippen molar-refractivity contribution in [3.8, 4) is 12.1 Å². The molecule has 0 aromatic heterocycles. The number of rotatable bonds is 5. The van der Waals surface area contributed by atoms with Gasteiger partial charge in [-0.1, -0.05) is 55.1 Å². The zero-order chi connectivity index (χ0) is 17.7. The molecule has 2 bridgehead atoms. The molecule has 1 N–H and O–H groups in total. The highest BCUT2D eigenvalue weighted by atomic mass is 15.0. The van der Waals surface area contributed by atoms with Gasteiger partial charge in [-0.2, -0.15) is 10.5 Å². The van der Waals surface area contributed by atoms with Crippen molar-refractivity contribution in [3.63, 3.8) is 0 Å². The molecule has 0 saturated carbocycles. The summed E-state index contributed by atoms with van der Waals surface area (Å²) in [6, 6.07) is 15.0. The molecule has 1 aromatic rings. The van der Waals surface area contributed by atoms with Crippen molar-refractivity contribution in [3.05, 3.63) is 72.0 Å². The van der Waals surface area contributed by atoms with Crippen LogP contribution in [-0.2, 0) is 0 Å². The fourth-order valence-corrected chi connectivity index (χ4v) is 3.82. The number of nitriles is 2. The van der Waals surface area contributed by atoms with Gasteiger partial charge in [0.25, 0.3) is 0 Å². The van der Waals surface area contributed by atoms with E-state index in [9.17, 15) is 10.5 Å². The summed E-state index contributed by atoms with van der Waals surface area (Å²) in [6.45, 7) is 3.69. The Hall–Kier alpha value is -2.84. The molecule has 2 aliphatic rings. The summed E-state index contributed by atoms with van der Waals surface area (Å²) in [6.07, 6.45) is 10.4. The summed E-state index contributed by atoms with van der Waals surface area (Å²) in [5, 5.41) is 23.3. The number of allylic oxidation sites excluding steroid dienone is 1. The van der Waals surface area contributed by atoms with Crippen LogP contribution < -0.4 is 5.32 Å². The first-order valence-electron chi connectivity index (χ1n) is 8.61. The SMILES string of the molecule is C=C=C[C@@H]1C(C(C#N)(C#N)C/C=C/c2ccccc2)=C[C@H]2CCC1N2. The molecule has 0 spiro atoms. The molecular formula is C22H21N3. The fraction of sp³-hybridized carbons (Fsp3) is 0.318. The molecule has 0 radical (unpaired) electrons. The van der Waals surface area contributed by atoms with Gasteiger partial charge in [0.1, 0.15) is 0 Å². The van der Waals surface area contributed by atoms with Gasteiger partial charge in [0.05, 0.1) is 12.1 Å². The number of fused-ring (bicyclic) bond motifs is 2. The average Bonchev–Trinajstić information content (AvgIpc) is 3.05. The Morgan fingerprint density at radius 1 is 1.20 bits per heavy atom. The van der Waals surface area contributed by atoms with Crippen LogP contribution in [0.1, 0.15) is 24.8 Å². The van der Waals surface area contributed by atoms with Gasteiger partial charge in [0.15, 0.2) is 5.41 Å². The molecule has 124 valence electrons. The molecule has 1 saturated heterocycles. The molecule has 0 amide bonds. The summed E-state index contributed by atoms with van der Waals surface area (Å²) in [5.74, 6) is 0.000625. The molecule has 2 heterocycles. The molecule has 3 atom stereocenters. The Morgan fingerprint density at radius 3 is 2.64 bits per heavy atom. The highest BCUT2D eigenvalue weighted by Gasteiger charge is 2.45. The first-order valence-corrected chi connectivity index (χ1v) is 8.61. The molecule has 1 fully saturated rings. The van der Waals surface area contributed by atoms with Crippen LogP contribution in [0.15, 0.2) is 66.4 Å². The van der Waals surface area contributed by atoms with Crippen molar-refractivity contribution in [2.75, 3.05) is 0 Å². The smallest absolute Gasteiger partial charge is 0.168 e. The second kappa shape index (κ2) is 7.37. The Kier molecular flexibility index (Phi) is 5.01. The Labute approximate surface area is 149 Å². The summed E-state index contributed by atoms with van der Waals surface area (Å²) < 4.78 is 0. The average molecular weight is 327 g/mol. The van der Waals surface area contributed by atoms with Gasteiger partial charge in [0, 0.05) is 24.4 Å². The van der Waals surface area contributed by atoms with E-state index >= 15 is 0 Å². The van der Waals surface area contributed by atoms with Crippen LogP contribution in [0, 0.1) is 34.0 Å². The van der Waals surface area contributed by atoms with E-state index in [1.54, 1.807) is 0 Å².